The van der Waals surface area contributed by atoms with E-state index in [-0.39, 0.29) is 5.78 Å². The van der Waals surface area contributed by atoms with Crippen molar-refractivity contribution in [3.63, 3.8) is 0 Å². The molecular formula is C22H16Cl2O2. The minimum absolute atomic E-state index is 0.139. The van der Waals surface area contributed by atoms with Crippen molar-refractivity contribution in [2.24, 2.45) is 0 Å². The number of hydrogen-bond acceptors (Lipinski definition) is 2. The summed E-state index contributed by atoms with van der Waals surface area (Å²) in [5.74, 6) is 0.417. The Morgan fingerprint density at radius 1 is 0.885 bits per heavy atom. The molecule has 0 aliphatic rings. The van der Waals surface area contributed by atoms with E-state index in [4.69, 9.17) is 27.9 Å². The van der Waals surface area contributed by atoms with E-state index in [9.17, 15) is 4.79 Å². The molecule has 0 aliphatic carbocycles. The number of hydrogen-bond donors (Lipinski definition) is 0. The van der Waals surface area contributed by atoms with Gasteiger partial charge in [-0.05, 0) is 41.5 Å². The molecule has 130 valence electrons. The van der Waals surface area contributed by atoms with Crippen LogP contribution in [0.3, 0.4) is 0 Å². The molecule has 3 aromatic rings. The van der Waals surface area contributed by atoms with Crippen LogP contribution < -0.4 is 4.74 Å². The minimum Gasteiger partial charge on any atom is -0.488 e. The Balaban J connectivity index is 1.74. The van der Waals surface area contributed by atoms with Crippen molar-refractivity contribution in [1.29, 1.82) is 0 Å². The van der Waals surface area contributed by atoms with Gasteiger partial charge in [0.1, 0.15) is 12.4 Å². The van der Waals surface area contributed by atoms with Crippen molar-refractivity contribution in [2.75, 3.05) is 0 Å². The third kappa shape index (κ3) is 4.75. The molecule has 0 amide bonds. The largest absolute Gasteiger partial charge is 0.488 e. The van der Waals surface area contributed by atoms with Gasteiger partial charge in [0.05, 0.1) is 15.6 Å². The lowest BCUT2D eigenvalue weighted by Crippen LogP contribution is -2.02. The second kappa shape index (κ2) is 8.70. The van der Waals surface area contributed by atoms with Gasteiger partial charge in [-0.25, -0.2) is 0 Å². The molecule has 26 heavy (non-hydrogen) atoms. The molecule has 0 atom stereocenters. The van der Waals surface area contributed by atoms with Crippen LogP contribution in [0.4, 0.5) is 0 Å². The third-order valence-electron chi connectivity index (χ3n) is 3.76. The maximum atomic E-state index is 12.6. The van der Waals surface area contributed by atoms with Crippen LogP contribution in [0.25, 0.3) is 6.08 Å². The molecule has 4 heteroatoms. The first kappa shape index (κ1) is 18.2. The molecule has 0 spiro atoms. The molecule has 3 rings (SSSR count). The minimum atomic E-state index is -0.139. The van der Waals surface area contributed by atoms with Crippen LogP contribution in [0, 0.1) is 0 Å². The highest BCUT2D eigenvalue weighted by molar-refractivity contribution is 6.42. The van der Waals surface area contributed by atoms with Gasteiger partial charge in [-0.1, -0.05) is 77.8 Å². The topological polar surface area (TPSA) is 26.3 Å². The van der Waals surface area contributed by atoms with Crippen LogP contribution in [0.2, 0.25) is 10.0 Å². The Kier molecular flexibility index (Phi) is 6.11. The smallest absolute Gasteiger partial charge is 0.189 e. The Bertz CT molecular complexity index is 934. The number of benzene rings is 3. The fourth-order valence-electron chi connectivity index (χ4n) is 2.41. The predicted octanol–water partition coefficient (Wildman–Crippen LogP) is 6.47. The van der Waals surface area contributed by atoms with Crippen LogP contribution >= 0.6 is 23.2 Å². The van der Waals surface area contributed by atoms with Crippen molar-refractivity contribution in [2.45, 2.75) is 6.61 Å². The lowest BCUT2D eigenvalue weighted by Gasteiger charge is -2.09. The first-order valence-corrected chi connectivity index (χ1v) is 8.82. The van der Waals surface area contributed by atoms with Crippen molar-refractivity contribution >= 4 is 35.1 Å². The maximum absolute atomic E-state index is 12.6. The quantitative estimate of drug-likeness (QED) is 0.360. The summed E-state index contributed by atoms with van der Waals surface area (Å²) in [6.07, 6.45) is 3.21. The number of halogens is 2. The Hall–Kier alpha value is -2.55. The molecule has 0 radical (unpaired) electrons. The predicted molar refractivity (Wildman–Crippen MR) is 107 cm³/mol. The fraction of sp³-hybridized carbons (Fsp3) is 0.0455. The van der Waals surface area contributed by atoms with E-state index in [2.05, 4.69) is 0 Å². The van der Waals surface area contributed by atoms with E-state index in [0.717, 1.165) is 11.1 Å². The van der Waals surface area contributed by atoms with Gasteiger partial charge >= 0.3 is 0 Å². The molecular weight excluding hydrogens is 367 g/mol. The molecule has 0 saturated carbocycles. The summed E-state index contributed by atoms with van der Waals surface area (Å²) in [7, 11) is 0. The van der Waals surface area contributed by atoms with Crippen LogP contribution in [-0.2, 0) is 6.61 Å². The molecule has 0 saturated heterocycles. The second-order valence-corrected chi connectivity index (χ2v) is 6.46. The monoisotopic (exact) mass is 382 g/mol. The standard InChI is InChI=1S/C22H16Cl2O2/c23-19-12-10-16(14-20(19)24)11-13-21(25)18-8-4-5-9-22(18)26-15-17-6-2-1-3-7-17/h1-14H,15H2. The number of carbonyl (C=O) groups excluding carboxylic acids is 1. The van der Waals surface area contributed by atoms with Gasteiger partial charge in [-0.2, -0.15) is 0 Å². The van der Waals surface area contributed by atoms with Gasteiger partial charge in [0.25, 0.3) is 0 Å². The first-order valence-electron chi connectivity index (χ1n) is 8.07. The van der Waals surface area contributed by atoms with Gasteiger partial charge in [0.2, 0.25) is 0 Å². The molecule has 0 unspecified atom stereocenters. The number of carbonyl (C=O) groups is 1. The Morgan fingerprint density at radius 3 is 2.38 bits per heavy atom. The maximum Gasteiger partial charge on any atom is 0.189 e. The molecule has 2 nitrogen and oxygen atoms in total. The highest BCUT2D eigenvalue weighted by Crippen LogP contribution is 2.24. The zero-order chi connectivity index (χ0) is 18.4. The van der Waals surface area contributed by atoms with E-state index in [1.54, 1.807) is 36.4 Å². The average Bonchev–Trinajstić information content (AvgIpc) is 2.68. The number of rotatable bonds is 6. The van der Waals surface area contributed by atoms with Crippen molar-refractivity contribution in [1.82, 2.24) is 0 Å². The summed E-state index contributed by atoms with van der Waals surface area (Å²) >= 11 is 11.9. The lowest BCUT2D eigenvalue weighted by molar-refractivity contribution is 0.104. The van der Waals surface area contributed by atoms with Crippen molar-refractivity contribution in [3.8, 4) is 5.75 Å². The van der Waals surface area contributed by atoms with Crippen LogP contribution in [0.15, 0.2) is 78.9 Å². The molecule has 0 fully saturated rings. The van der Waals surface area contributed by atoms with Gasteiger partial charge in [-0.3, -0.25) is 4.79 Å². The number of ether oxygens (including phenoxy) is 1. The van der Waals surface area contributed by atoms with Crippen molar-refractivity contribution < 1.29 is 9.53 Å². The Morgan fingerprint density at radius 2 is 1.62 bits per heavy atom. The van der Waals surface area contributed by atoms with Crippen LogP contribution in [-0.4, -0.2) is 5.78 Å². The van der Waals surface area contributed by atoms with Crippen LogP contribution in [0.1, 0.15) is 21.5 Å². The zero-order valence-corrected chi connectivity index (χ0v) is 15.4. The Labute approximate surface area is 162 Å². The van der Waals surface area contributed by atoms with Crippen molar-refractivity contribution in [3.05, 3.63) is 106 Å². The van der Waals surface area contributed by atoms with E-state index in [1.807, 2.05) is 42.5 Å². The number of ketones is 1. The summed E-state index contributed by atoms with van der Waals surface area (Å²) in [5.41, 5.74) is 2.36. The molecule has 0 aromatic heterocycles. The molecule has 0 bridgehead atoms. The van der Waals surface area contributed by atoms with Gasteiger partial charge in [0, 0.05) is 0 Å². The van der Waals surface area contributed by atoms with Gasteiger partial charge in [0.15, 0.2) is 5.78 Å². The SMILES string of the molecule is O=C(C=Cc1ccc(Cl)c(Cl)c1)c1ccccc1OCc1ccccc1. The zero-order valence-electron chi connectivity index (χ0n) is 13.9. The number of allylic oxidation sites excluding steroid dienone is 1. The van der Waals surface area contributed by atoms with E-state index >= 15 is 0 Å². The summed E-state index contributed by atoms with van der Waals surface area (Å²) in [6.45, 7) is 0.404. The normalized spacial score (nSPS) is 10.8. The first-order chi connectivity index (χ1) is 12.6. The highest BCUT2D eigenvalue weighted by Gasteiger charge is 2.09. The van der Waals surface area contributed by atoms with Crippen LogP contribution in [0.5, 0.6) is 5.75 Å². The summed E-state index contributed by atoms with van der Waals surface area (Å²) in [5, 5.41) is 0.933. The fourth-order valence-corrected chi connectivity index (χ4v) is 2.72. The van der Waals surface area contributed by atoms with Gasteiger partial charge < -0.3 is 4.74 Å². The second-order valence-electron chi connectivity index (χ2n) is 5.64. The third-order valence-corrected chi connectivity index (χ3v) is 4.50. The van der Waals surface area contributed by atoms with E-state index < -0.39 is 0 Å². The molecule has 0 aliphatic heterocycles. The molecule has 0 heterocycles. The van der Waals surface area contributed by atoms with Gasteiger partial charge in [-0.15, -0.1) is 0 Å². The summed E-state index contributed by atoms with van der Waals surface area (Å²) < 4.78 is 5.84. The molecule has 0 N–H and O–H groups in total. The average molecular weight is 383 g/mol. The molecule has 3 aromatic carbocycles. The lowest BCUT2D eigenvalue weighted by atomic mass is 10.1. The summed E-state index contributed by atoms with van der Waals surface area (Å²) in [6, 6.07) is 22.2. The van der Waals surface area contributed by atoms with E-state index in [1.165, 1.54) is 6.08 Å². The summed E-state index contributed by atoms with van der Waals surface area (Å²) in [4.78, 5) is 12.6. The number of para-hydroxylation sites is 1. The highest BCUT2D eigenvalue weighted by atomic mass is 35.5. The van der Waals surface area contributed by atoms with E-state index in [0.29, 0.717) is 28.0 Å².